The molecule has 0 spiro atoms. The number of nitrogens with one attached hydrogen (secondary N) is 1. The van der Waals surface area contributed by atoms with Gasteiger partial charge in [-0.3, -0.25) is 0 Å². The second-order valence-electron chi connectivity index (χ2n) is 3.87. The summed E-state index contributed by atoms with van der Waals surface area (Å²) in [5, 5.41) is 0. The number of H-pyrrole nitrogens is 1. The molecular formula is C13H14N2O2. The Kier molecular flexibility index (Phi) is 2.95. The van der Waals surface area contributed by atoms with Crippen LogP contribution < -0.4 is 0 Å². The van der Waals surface area contributed by atoms with Crippen molar-refractivity contribution in [1.82, 2.24) is 9.97 Å². The largest absolute Gasteiger partial charge is 0.463 e. The van der Waals surface area contributed by atoms with Crippen molar-refractivity contribution >= 4 is 5.97 Å². The van der Waals surface area contributed by atoms with Gasteiger partial charge in [0.1, 0.15) is 0 Å². The van der Waals surface area contributed by atoms with E-state index in [0.29, 0.717) is 0 Å². The zero-order valence-corrected chi connectivity index (χ0v) is 10.1. The molecule has 17 heavy (non-hydrogen) atoms. The third-order valence-electron chi connectivity index (χ3n) is 2.66. The van der Waals surface area contributed by atoms with Crippen molar-refractivity contribution in [1.29, 1.82) is 0 Å². The number of hydrogen-bond acceptors (Lipinski definition) is 3. The molecule has 2 aromatic rings. The van der Waals surface area contributed by atoms with Crippen molar-refractivity contribution in [2.75, 3.05) is 7.11 Å². The highest BCUT2D eigenvalue weighted by Gasteiger charge is 2.15. The molecule has 0 fully saturated rings. The lowest BCUT2D eigenvalue weighted by Crippen LogP contribution is -2.03. The van der Waals surface area contributed by atoms with Crippen molar-refractivity contribution in [3.8, 4) is 11.3 Å². The SMILES string of the molecule is COC(=O)c1nc(-c2ccccc2C)c(C)[nH]1. The molecule has 0 atom stereocenters. The number of methoxy groups -OCH3 is 1. The highest BCUT2D eigenvalue weighted by atomic mass is 16.5. The summed E-state index contributed by atoms with van der Waals surface area (Å²) in [4.78, 5) is 18.6. The first-order valence-electron chi connectivity index (χ1n) is 5.34. The van der Waals surface area contributed by atoms with Crippen LogP contribution >= 0.6 is 0 Å². The number of benzene rings is 1. The summed E-state index contributed by atoms with van der Waals surface area (Å²) in [5.74, 6) is -0.212. The van der Waals surface area contributed by atoms with E-state index in [1.165, 1.54) is 7.11 Å². The van der Waals surface area contributed by atoms with E-state index in [0.717, 1.165) is 22.5 Å². The van der Waals surface area contributed by atoms with Gasteiger partial charge in [0.25, 0.3) is 0 Å². The Balaban J connectivity index is 2.50. The van der Waals surface area contributed by atoms with Gasteiger partial charge in [-0.25, -0.2) is 9.78 Å². The summed E-state index contributed by atoms with van der Waals surface area (Å²) in [6.45, 7) is 3.91. The number of aromatic nitrogens is 2. The van der Waals surface area contributed by atoms with E-state index < -0.39 is 5.97 Å². The van der Waals surface area contributed by atoms with Crippen LogP contribution in [0.2, 0.25) is 0 Å². The standard InChI is InChI=1S/C13H14N2O2/c1-8-6-4-5-7-10(8)11-9(2)14-12(15-11)13(16)17-3/h4-7H,1-3H3,(H,14,15). The van der Waals surface area contributed by atoms with Gasteiger partial charge >= 0.3 is 5.97 Å². The molecule has 4 nitrogen and oxygen atoms in total. The molecule has 0 saturated carbocycles. The van der Waals surface area contributed by atoms with E-state index in [-0.39, 0.29) is 5.82 Å². The maximum absolute atomic E-state index is 11.4. The average molecular weight is 230 g/mol. The highest BCUT2D eigenvalue weighted by Crippen LogP contribution is 2.24. The molecule has 0 unspecified atom stereocenters. The molecule has 2 rings (SSSR count). The summed E-state index contributed by atoms with van der Waals surface area (Å²) >= 11 is 0. The van der Waals surface area contributed by atoms with Gasteiger partial charge in [-0.2, -0.15) is 0 Å². The number of esters is 1. The fraction of sp³-hybridized carbons (Fsp3) is 0.231. The minimum absolute atomic E-state index is 0.239. The van der Waals surface area contributed by atoms with Crippen LogP contribution in [0.5, 0.6) is 0 Å². The number of carbonyl (C=O) groups excluding carboxylic acids is 1. The molecule has 1 N–H and O–H groups in total. The fourth-order valence-electron chi connectivity index (χ4n) is 1.75. The molecule has 4 heteroatoms. The summed E-state index contributed by atoms with van der Waals surface area (Å²) in [6, 6.07) is 7.93. The van der Waals surface area contributed by atoms with Gasteiger partial charge in [-0.05, 0) is 19.4 Å². The summed E-state index contributed by atoms with van der Waals surface area (Å²) in [7, 11) is 1.34. The average Bonchev–Trinajstić information content (AvgIpc) is 2.71. The molecule has 1 aromatic heterocycles. The predicted molar refractivity (Wildman–Crippen MR) is 64.8 cm³/mol. The number of carbonyl (C=O) groups is 1. The zero-order chi connectivity index (χ0) is 12.4. The Morgan fingerprint density at radius 1 is 1.29 bits per heavy atom. The molecule has 0 saturated heterocycles. The van der Waals surface area contributed by atoms with Crippen molar-refractivity contribution in [2.24, 2.45) is 0 Å². The van der Waals surface area contributed by atoms with E-state index in [1.54, 1.807) is 0 Å². The van der Waals surface area contributed by atoms with Crippen LogP contribution in [0.25, 0.3) is 11.3 Å². The molecule has 0 radical (unpaired) electrons. The first-order chi connectivity index (χ1) is 8.13. The second kappa shape index (κ2) is 4.41. The molecule has 88 valence electrons. The number of nitrogens with zero attached hydrogens (tertiary/aromatic N) is 1. The minimum Gasteiger partial charge on any atom is -0.463 e. The fourth-order valence-corrected chi connectivity index (χ4v) is 1.75. The zero-order valence-electron chi connectivity index (χ0n) is 10.1. The lowest BCUT2D eigenvalue weighted by molar-refractivity contribution is 0.0588. The number of hydrogen-bond donors (Lipinski definition) is 1. The number of rotatable bonds is 2. The van der Waals surface area contributed by atoms with Crippen molar-refractivity contribution < 1.29 is 9.53 Å². The molecule has 0 amide bonds. The van der Waals surface area contributed by atoms with Crippen molar-refractivity contribution in [3.05, 3.63) is 41.3 Å². The Morgan fingerprint density at radius 2 is 2.00 bits per heavy atom. The third kappa shape index (κ3) is 2.06. The van der Waals surface area contributed by atoms with Crippen LogP contribution in [0, 0.1) is 13.8 Å². The van der Waals surface area contributed by atoms with E-state index in [9.17, 15) is 4.79 Å². The van der Waals surface area contributed by atoms with Crippen molar-refractivity contribution in [2.45, 2.75) is 13.8 Å². The van der Waals surface area contributed by atoms with Gasteiger partial charge in [0.2, 0.25) is 5.82 Å². The first kappa shape index (κ1) is 11.4. The maximum Gasteiger partial charge on any atom is 0.374 e. The van der Waals surface area contributed by atoms with Gasteiger partial charge in [0.15, 0.2) is 0 Å². The number of ether oxygens (including phenoxy) is 1. The maximum atomic E-state index is 11.4. The molecule has 0 bridgehead atoms. The van der Waals surface area contributed by atoms with Gasteiger partial charge in [-0.15, -0.1) is 0 Å². The molecule has 0 aliphatic heterocycles. The number of imidazole rings is 1. The highest BCUT2D eigenvalue weighted by molar-refractivity contribution is 5.86. The molecule has 1 aromatic carbocycles. The van der Waals surface area contributed by atoms with E-state index >= 15 is 0 Å². The van der Waals surface area contributed by atoms with Crippen LogP contribution in [0.15, 0.2) is 24.3 Å². The number of aromatic amines is 1. The van der Waals surface area contributed by atoms with Crippen LogP contribution in [0.4, 0.5) is 0 Å². The molecular weight excluding hydrogens is 216 g/mol. The minimum atomic E-state index is -0.451. The van der Waals surface area contributed by atoms with Crippen LogP contribution in [-0.2, 0) is 4.74 Å². The first-order valence-corrected chi connectivity index (χ1v) is 5.34. The van der Waals surface area contributed by atoms with Crippen LogP contribution in [0.1, 0.15) is 21.9 Å². The van der Waals surface area contributed by atoms with Gasteiger partial charge in [0.05, 0.1) is 12.8 Å². The van der Waals surface area contributed by atoms with Crippen LogP contribution in [-0.4, -0.2) is 23.0 Å². The lowest BCUT2D eigenvalue weighted by atomic mass is 10.1. The predicted octanol–water partition coefficient (Wildman–Crippen LogP) is 2.48. The second-order valence-corrected chi connectivity index (χ2v) is 3.87. The summed E-state index contributed by atoms with van der Waals surface area (Å²) < 4.78 is 4.64. The summed E-state index contributed by atoms with van der Waals surface area (Å²) in [5.41, 5.74) is 3.80. The Bertz CT molecular complexity index is 558. The van der Waals surface area contributed by atoms with Gasteiger partial charge in [-0.1, -0.05) is 24.3 Å². The topological polar surface area (TPSA) is 55.0 Å². The van der Waals surface area contributed by atoms with Crippen LogP contribution in [0.3, 0.4) is 0 Å². The normalized spacial score (nSPS) is 10.3. The van der Waals surface area contributed by atoms with Gasteiger partial charge < -0.3 is 9.72 Å². The smallest absolute Gasteiger partial charge is 0.374 e. The molecule has 0 aliphatic carbocycles. The Hall–Kier alpha value is -2.10. The van der Waals surface area contributed by atoms with E-state index in [2.05, 4.69) is 14.7 Å². The summed E-state index contributed by atoms with van der Waals surface area (Å²) in [6.07, 6.45) is 0. The lowest BCUT2D eigenvalue weighted by Gasteiger charge is -2.02. The van der Waals surface area contributed by atoms with E-state index in [1.807, 2.05) is 38.1 Å². The quantitative estimate of drug-likeness (QED) is 0.806. The van der Waals surface area contributed by atoms with Gasteiger partial charge in [0, 0.05) is 11.3 Å². The molecule has 1 heterocycles. The molecule has 0 aliphatic rings. The monoisotopic (exact) mass is 230 g/mol. The third-order valence-corrected chi connectivity index (χ3v) is 2.66. The van der Waals surface area contributed by atoms with E-state index in [4.69, 9.17) is 0 Å². The Labute approximate surface area is 99.7 Å². The Morgan fingerprint density at radius 3 is 2.65 bits per heavy atom. The van der Waals surface area contributed by atoms with Crippen molar-refractivity contribution in [3.63, 3.8) is 0 Å². The number of aryl methyl sites for hydroxylation is 2.